The van der Waals surface area contributed by atoms with Crippen molar-refractivity contribution in [2.45, 2.75) is 38.8 Å². The van der Waals surface area contributed by atoms with Crippen molar-refractivity contribution in [3.63, 3.8) is 0 Å². The number of aldehydes is 1. The molecule has 1 saturated heterocycles. The molecule has 0 aromatic carbocycles. The van der Waals surface area contributed by atoms with Crippen LogP contribution in [0, 0.1) is 0 Å². The van der Waals surface area contributed by atoms with Gasteiger partial charge in [-0.1, -0.05) is 18.6 Å². The highest BCUT2D eigenvalue weighted by atomic mass is 16.1. The maximum absolute atomic E-state index is 10.5. The van der Waals surface area contributed by atoms with Gasteiger partial charge in [0.05, 0.1) is 12.7 Å². The minimum Gasteiger partial charge on any atom is -0.299 e. The van der Waals surface area contributed by atoms with Gasteiger partial charge in [-0.2, -0.15) is 0 Å². The first-order valence-corrected chi connectivity index (χ1v) is 5.93. The van der Waals surface area contributed by atoms with Crippen molar-refractivity contribution in [3.05, 3.63) is 11.9 Å². The second-order valence-corrected chi connectivity index (χ2v) is 4.26. The SMILES string of the molecule is CCN1CCCC[C@@H]1Cn1cc(C=O)nn1. The molecule has 5 heteroatoms. The van der Waals surface area contributed by atoms with Crippen LogP contribution < -0.4 is 0 Å². The van der Waals surface area contributed by atoms with Crippen LogP contribution in [0.15, 0.2) is 6.20 Å². The zero-order valence-electron chi connectivity index (χ0n) is 9.67. The van der Waals surface area contributed by atoms with Crippen LogP contribution in [0.25, 0.3) is 0 Å². The van der Waals surface area contributed by atoms with E-state index in [0.717, 1.165) is 19.4 Å². The molecule has 1 aromatic rings. The quantitative estimate of drug-likeness (QED) is 0.712. The maximum atomic E-state index is 10.5. The van der Waals surface area contributed by atoms with Crippen molar-refractivity contribution in [2.75, 3.05) is 13.1 Å². The molecule has 0 unspecified atom stereocenters. The summed E-state index contributed by atoms with van der Waals surface area (Å²) in [6.07, 6.45) is 6.25. The van der Waals surface area contributed by atoms with Gasteiger partial charge in [-0.05, 0) is 25.9 Å². The Bertz CT molecular complexity index is 350. The molecule has 1 fully saturated rings. The predicted octanol–water partition coefficient (Wildman–Crippen LogP) is 0.965. The van der Waals surface area contributed by atoms with Crippen molar-refractivity contribution in [1.82, 2.24) is 19.9 Å². The van der Waals surface area contributed by atoms with Gasteiger partial charge in [-0.25, -0.2) is 0 Å². The molecule has 1 aliphatic heterocycles. The lowest BCUT2D eigenvalue weighted by atomic mass is 10.0. The van der Waals surface area contributed by atoms with E-state index in [-0.39, 0.29) is 0 Å². The number of carbonyl (C=O) groups excluding carboxylic acids is 1. The number of hydrogen-bond donors (Lipinski definition) is 0. The van der Waals surface area contributed by atoms with Crippen molar-refractivity contribution in [3.8, 4) is 0 Å². The summed E-state index contributed by atoms with van der Waals surface area (Å²) in [5.74, 6) is 0. The normalized spacial score (nSPS) is 22.2. The number of aromatic nitrogens is 3. The van der Waals surface area contributed by atoms with Crippen LogP contribution in [0.5, 0.6) is 0 Å². The van der Waals surface area contributed by atoms with Gasteiger partial charge in [-0.3, -0.25) is 14.4 Å². The van der Waals surface area contributed by atoms with Crippen molar-refractivity contribution < 1.29 is 4.79 Å². The highest BCUT2D eigenvalue weighted by Crippen LogP contribution is 2.17. The van der Waals surface area contributed by atoms with E-state index in [2.05, 4.69) is 22.1 Å². The Hall–Kier alpha value is -1.23. The molecule has 0 amide bonds. The Labute approximate surface area is 95.4 Å². The van der Waals surface area contributed by atoms with Crippen LogP contribution in [-0.4, -0.2) is 45.3 Å². The third-order valence-electron chi connectivity index (χ3n) is 3.23. The van der Waals surface area contributed by atoms with Crippen LogP contribution in [0.2, 0.25) is 0 Å². The number of carbonyl (C=O) groups is 1. The van der Waals surface area contributed by atoms with Gasteiger partial charge in [-0.15, -0.1) is 5.10 Å². The van der Waals surface area contributed by atoms with Crippen LogP contribution in [0.4, 0.5) is 0 Å². The van der Waals surface area contributed by atoms with Gasteiger partial charge in [0.1, 0.15) is 5.69 Å². The summed E-state index contributed by atoms with van der Waals surface area (Å²) in [4.78, 5) is 13.0. The second-order valence-electron chi connectivity index (χ2n) is 4.26. The molecule has 5 nitrogen and oxygen atoms in total. The predicted molar refractivity (Wildman–Crippen MR) is 60.3 cm³/mol. The van der Waals surface area contributed by atoms with E-state index in [4.69, 9.17) is 0 Å². The van der Waals surface area contributed by atoms with Crippen molar-refractivity contribution in [1.29, 1.82) is 0 Å². The van der Waals surface area contributed by atoms with Crippen LogP contribution in [0.3, 0.4) is 0 Å². The van der Waals surface area contributed by atoms with Gasteiger partial charge in [0.15, 0.2) is 6.29 Å². The van der Waals surface area contributed by atoms with E-state index in [1.807, 2.05) is 0 Å². The van der Waals surface area contributed by atoms with E-state index in [9.17, 15) is 4.79 Å². The van der Waals surface area contributed by atoms with Gasteiger partial charge in [0.25, 0.3) is 0 Å². The number of hydrogen-bond acceptors (Lipinski definition) is 4. The number of rotatable bonds is 4. The minimum atomic E-state index is 0.416. The number of piperidine rings is 1. The molecule has 1 atom stereocenters. The molecule has 0 aliphatic carbocycles. The zero-order chi connectivity index (χ0) is 11.4. The fourth-order valence-electron chi connectivity index (χ4n) is 2.36. The first-order chi connectivity index (χ1) is 7.83. The first-order valence-electron chi connectivity index (χ1n) is 5.93. The molecule has 0 bridgehead atoms. The number of likely N-dealkylation sites (N-methyl/N-ethyl adjacent to an activating group) is 1. The largest absolute Gasteiger partial charge is 0.299 e. The Kier molecular flexibility index (Phi) is 3.66. The molecule has 0 N–H and O–H groups in total. The monoisotopic (exact) mass is 222 g/mol. The van der Waals surface area contributed by atoms with Gasteiger partial charge in [0.2, 0.25) is 0 Å². The summed E-state index contributed by atoms with van der Waals surface area (Å²) in [5, 5.41) is 7.74. The molecule has 16 heavy (non-hydrogen) atoms. The first kappa shape index (κ1) is 11.3. The number of nitrogens with zero attached hydrogens (tertiary/aromatic N) is 4. The van der Waals surface area contributed by atoms with Crippen molar-refractivity contribution >= 4 is 6.29 Å². The molecular formula is C11H18N4O. The molecule has 88 valence electrons. The minimum absolute atomic E-state index is 0.416. The Morgan fingerprint density at radius 2 is 2.44 bits per heavy atom. The summed E-state index contributed by atoms with van der Waals surface area (Å²) in [6.45, 7) is 5.29. The zero-order valence-corrected chi connectivity index (χ0v) is 9.67. The van der Waals surface area contributed by atoms with E-state index < -0.39 is 0 Å². The van der Waals surface area contributed by atoms with E-state index >= 15 is 0 Å². The molecule has 0 radical (unpaired) electrons. The standard InChI is InChI=1S/C11H18N4O/c1-2-14-6-4-3-5-11(14)8-15-7-10(9-16)12-13-15/h7,9,11H,2-6,8H2,1H3/t11-/m1/s1. The fraction of sp³-hybridized carbons (Fsp3) is 0.727. The lowest BCUT2D eigenvalue weighted by Gasteiger charge is -2.34. The average Bonchev–Trinajstić information content (AvgIpc) is 2.77. The van der Waals surface area contributed by atoms with Gasteiger partial charge in [0, 0.05) is 6.04 Å². The van der Waals surface area contributed by atoms with E-state index in [0.29, 0.717) is 11.7 Å². The molecule has 0 saturated carbocycles. The summed E-state index contributed by atoms with van der Waals surface area (Å²) < 4.78 is 1.78. The Balaban J connectivity index is 1.98. The van der Waals surface area contributed by atoms with Gasteiger partial charge >= 0.3 is 0 Å². The average molecular weight is 222 g/mol. The van der Waals surface area contributed by atoms with Gasteiger partial charge < -0.3 is 0 Å². The summed E-state index contributed by atoms with van der Waals surface area (Å²) in [5.41, 5.74) is 0.416. The highest BCUT2D eigenvalue weighted by Gasteiger charge is 2.21. The fourth-order valence-corrected chi connectivity index (χ4v) is 2.36. The summed E-state index contributed by atoms with van der Waals surface area (Å²) >= 11 is 0. The van der Waals surface area contributed by atoms with Crippen LogP contribution in [-0.2, 0) is 6.54 Å². The van der Waals surface area contributed by atoms with Crippen LogP contribution >= 0.6 is 0 Å². The molecule has 1 aliphatic rings. The summed E-state index contributed by atoms with van der Waals surface area (Å²) in [7, 11) is 0. The maximum Gasteiger partial charge on any atom is 0.171 e. The van der Waals surface area contributed by atoms with Crippen LogP contribution in [0.1, 0.15) is 36.7 Å². The Morgan fingerprint density at radius 1 is 1.56 bits per heavy atom. The second kappa shape index (κ2) is 5.21. The third-order valence-corrected chi connectivity index (χ3v) is 3.23. The van der Waals surface area contributed by atoms with E-state index in [1.54, 1.807) is 10.9 Å². The van der Waals surface area contributed by atoms with E-state index in [1.165, 1.54) is 25.8 Å². The molecular weight excluding hydrogens is 204 g/mol. The topological polar surface area (TPSA) is 51.0 Å². The number of likely N-dealkylation sites (tertiary alicyclic amines) is 1. The van der Waals surface area contributed by atoms with Crippen molar-refractivity contribution in [2.24, 2.45) is 0 Å². The smallest absolute Gasteiger partial charge is 0.171 e. The molecule has 2 heterocycles. The lowest BCUT2D eigenvalue weighted by molar-refractivity contribution is 0.111. The molecule has 1 aromatic heterocycles. The molecule has 2 rings (SSSR count). The summed E-state index contributed by atoms with van der Waals surface area (Å²) in [6, 6.07) is 0.542. The lowest BCUT2D eigenvalue weighted by Crippen LogP contribution is -2.41. The third kappa shape index (κ3) is 2.47. The highest BCUT2D eigenvalue weighted by molar-refractivity contribution is 5.70. The Morgan fingerprint density at radius 3 is 3.12 bits per heavy atom. The molecule has 0 spiro atoms.